The molecule has 0 unspecified atom stereocenters. The van der Waals surface area contributed by atoms with E-state index in [4.69, 9.17) is 0 Å². The molecule has 0 aliphatic heterocycles. The number of nitrogens with one attached hydrogen (secondary N) is 2. The van der Waals surface area contributed by atoms with Crippen molar-refractivity contribution in [2.75, 3.05) is 12.4 Å². The SMILES string of the molecule is CNc1ccc(C(=O)NC(C)(C)c2nccs2)cc1C. The van der Waals surface area contributed by atoms with Gasteiger partial charge in [-0.15, -0.1) is 11.3 Å². The molecule has 1 aromatic carbocycles. The molecule has 0 radical (unpaired) electrons. The van der Waals surface area contributed by atoms with Crippen molar-refractivity contribution in [2.45, 2.75) is 26.3 Å². The summed E-state index contributed by atoms with van der Waals surface area (Å²) in [4.78, 5) is 16.6. The van der Waals surface area contributed by atoms with Crippen molar-refractivity contribution in [1.29, 1.82) is 0 Å². The fourth-order valence-corrected chi connectivity index (χ4v) is 2.74. The minimum Gasteiger partial charge on any atom is -0.388 e. The molecule has 5 heteroatoms. The van der Waals surface area contributed by atoms with E-state index in [2.05, 4.69) is 15.6 Å². The topological polar surface area (TPSA) is 54.0 Å². The van der Waals surface area contributed by atoms with Crippen LogP contribution in [-0.4, -0.2) is 17.9 Å². The maximum absolute atomic E-state index is 12.4. The van der Waals surface area contributed by atoms with E-state index in [1.54, 1.807) is 17.5 Å². The molecule has 0 spiro atoms. The predicted octanol–water partition coefficient (Wildman–Crippen LogP) is 3.16. The smallest absolute Gasteiger partial charge is 0.252 e. The van der Waals surface area contributed by atoms with Gasteiger partial charge in [0.2, 0.25) is 0 Å². The predicted molar refractivity (Wildman–Crippen MR) is 83.3 cm³/mol. The molecule has 106 valence electrons. The molecular weight excluding hydrogens is 270 g/mol. The van der Waals surface area contributed by atoms with Gasteiger partial charge in [0, 0.05) is 29.9 Å². The minimum atomic E-state index is -0.471. The normalized spacial score (nSPS) is 11.2. The molecule has 1 aromatic heterocycles. The number of nitrogens with zero attached hydrogens (tertiary/aromatic N) is 1. The lowest BCUT2D eigenvalue weighted by atomic mass is 10.0. The summed E-state index contributed by atoms with van der Waals surface area (Å²) < 4.78 is 0. The molecule has 0 atom stereocenters. The van der Waals surface area contributed by atoms with E-state index in [9.17, 15) is 4.79 Å². The van der Waals surface area contributed by atoms with Crippen LogP contribution in [0.1, 0.15) is 34.8 Å². The zero-order valence-electron chi connectivity index (χ0n) is 12.2. The van der Waals surface area contributed by atoms with Crippen molar-refractivity contribution in [2.24, 2.45) is 0 Å². The molecule has 0 saturated heterocycles. The average molecular weight is 289 g/mol. The van der Waals surface area contributed by atoms with E-state index >= 15 is 0 Å². The number of amides is 1. The van der Waals surface area contributed by atoms with Crippen LogP contribution in [0, 0.1) is 6.92 Å². The molecule has 4 nitrogen and oxygen atoms in total. The second kappa shape index (κ2) is 5.63. The van der Waals surface area contributed by atoms with Crippen LogP contribution in [0.3, 0.4) is 0 Å². The van der Waals surface area contributed by atoms with Crippen LogP contribution in [0.4, 0.5) is 5.69 Å². The second-order valence-corrected chi connectivity index (χ2v) is 6.09. The Morgan fingerprint density at radius 1 is 1.35 bits per heavy atom. The second-order valence-electron chi connectivity index (χ2n) is 5.20. The summed E-state index contributed by atoms with van der Waals surface area (Å²) in [6, 6.07) is 5.63. The van der Waals surface area contributed by atoms with E-state index in [-0.39, 0.29) is 5.91 Å². The summed E-state index contributed by atoms with van der Waals surface area (Å²) in [5, 5.41) is 8.93. The van der Waals surface area contributed by atoms with E-state index in [0.717, 1.165) is 16.3 Å². The fraction of sp³-hybridized carbons (Fsp3) is 0.333. The number of carbonyl (C=O) groups excluding carboxylic acids is 1. The van der Waals surface area contributed by atoms with Crippen LogP contribution in [0.2, 0.25) is 0 Å². The number of rotatable bonds is 4. The van der Waals surface area contributed by atoms with Crippen LogP contribution in [-0.2, 0) is 5.54 Å². The molecule has 0 aliphatic rings. The first-order chi connectivity index (χ1) is 9.44. The van der Waals surface area contributed by atoms with Gasteiger partial charge in [-0.1, -0.05) is 0 Å². The maximum atomic E-state index is 12.4. The number of hydrogen-bond donors (Lipinski definition) is 2. The zero-order chi connectivity index (χ0) is 14.8. The number of aromatic nitrogens is 1. The molecule has 1 amide bonds. The van der Waals surface area contributed by atoms with Gasteiger partial charge in [-0.05, 0) is 44.5 Å². The molecule has 0 bridgehead atoms. The van der Waals surface area contributed by atoms with E-state index in [1.165, 1.54) is 0 Å². The van der Waals surface area contributed by atoms with Crippen molar-refractivity contribution in [3.8, 4) is 0 Å². The van der Waals surface area contributed by atoms with Crippen LogP contribution in [0.15, 0.2) is 29.8 Å². The molecule has 1 heterocycles. The average Bonchev–Trinajstić information content (AvgIpc) is 2.92. The monoisotopic (exact) mass is 289 g/mol. The Balaban J connectivity index is 2.18. The Morgan fingerprint density at radius 2 is 2.10 bits per heavy atom. The number of benzene rings is 1. The highest BCUT2D eigenvalue weighted by Crippen LogP contribution is 2.23. The van der Waals surface area contributed by atoms with Gasteiger partial charge in [-0.3, -0.25) is 4.79 Å². The van der Waals surface area contributed by atoms with E-state index < -0.39 is 5.54 Å². The van der Waals surface area contributed by atoms with Gasteiger partial charge in [0.1, 0.15) is 5.01 Å². The highest BCUT2D eigenvalue weighted by molar-refractivity contribution is 7.09. The lowest BCUT2D eigenvalue weighted by Crippen LogP contribution is -2.40. The Kier molecular flexibility index (Phi) is 4.09. The first kappa shape index (κ1) is 14.5. The first-order valence-electron chi connectivity index (χ1n) is 6.45. The standard InChI is InChI=1S/C15H19N3OS/c1-10-9-11(5-6-12(10)16-4)13(19)18-15(2,3)14-17-7-8-20-14/h5-9,16H,1-4H3,(H,18,19). The zero-order valence-corrected chi connectivity index (χ0v) is 13.0. The van der Waals surface area contributed by atoms with Gasteiger partial charge in [0.15, 0.2) is 0 Å². The van der Waals surface area contributed by atoms with Crippen LogP contribution in [0.5, 0.6) is 0 Å². The minimum absolute atomic E-state index is 0.0871. The van der Waals surface area contributed by atoms with Gasteiger partial charge < -0.3 is 10.6 Å². The van der Waals surface area contributed by atoms with Crippen LogP contribution >= 0.6 is 11.3 Å². The Morgan fingerprint density at radius 3 is 2.65 bits per heavy atom. The van der Waals surface area contributed by atoms with Crippen molar-refractivity contribution in [1.82, 2.24) is 10.3 Å². The molecule has 0 saturated carbocycles. The van der Waals surface area contributed by atoms with Crippen molar-refractivity contribution >= 4 is 22.9 Å². The summed E-state index contributed by atoms with van der Waals surface area (Å²) in [7, 11) is 1.87. The molecule has 20 heavy (non-hydrogen) atoms. The van der Waals surface area contributed by atoms with Crippen molar-refractivity contribution in [3.63, 3.8) is 0 Å². The lowest BCUT2D eigenvalue weighted by molar-refractivity contribution is 0.0912. The Labute approximate surface area is 123 Å². The first-order valence-corrected chi connectivity index (χ1v) is 7.33. The lowest BCUT2D eigenvalue weighted by Gasteiger charge is -2.24. The molecule has 2 rings (SSSR count). The van der Waals surface area contributed by atoms with Gasteiger partial charge >= 0.3 is 0 Å². The van der Waals surface area contributed by atoms with Gasteiger partial charge in [-0.2, -0.15) is 0 Å². The number of aryl methyl sites for hydroxylation is 1. The van der Waals surface area contributed by atoms with Crippen molar-refractivity contribution < 1.29 is 4.79 Å². The summed E-state index contributed by atoms with van der Waals surface area (Å²) >= 11 is 1.54. The Bertz CT molecular complexity index is 606. The largest absolute Gasteiger partial charge is 0.388 e. The third-order valence-electron chi connectivity index (χ3n) is 3.15. The van der Waals surface area contributed by atoms with E-state index in [1.807, 2.05) is 51.4 Å². The molecule has 2 aromatic rings. The highest BCUT2D eigenvalue weighted by atomic mass is 32.1. The Hall–Kier alpha value is -1.88. The maximum Gasteiger partial charge on any atom is 0.252 e. The third kappa shape index (κ3) is 2.99. The molecule has 0 aliphatic carbocycles. The summed E-state index contributed by atoms with van der Waals surface area (Å²) in [5.74, 6) is -0.0871. The van der Waals surface area contributed by atoms with Crippen molar-refractivity contribution in [3.05, 3.63) is 45.9 Å². The third-order valence-corrected chi connectivity index (χ3v) is 4.25. The van der Waals surface area contributed by atoms with Crippen LogP contribution < -0.4 is 10.6 Å². The van der Waals surface area contributed by atoms with E-state index in [0.29, 0.717) is 5.56 Å². The summed E-state index contributed by atoms with van der Waals surface area (Å²) in [5.41, 5.74) is 2.26. The summed E-state index contributed by atoms with van der Waals surface area (Å²) in [6.45, 7) is 5.89. The van der Waals surface area contributed by atoms with Crippen LogP contribution in [0.25, 0.3) is 0 Å². The molecule has 2 N–H and O–H groups in total. The van der Waals surface area contributed by atoms with Gasteiger partial charge in [-0.25, -0.2) is 4.98 Å². The molecule has 0 fully saturated rings. The number of anilines is 1. The quantitative estimate of drug-likeness (QED) is 0.909. The molecular formula is C15H19N3OS. The van der Waals surface area contributed by atoms with Gasteiger partial charge in [0.05, 0.1) is 5.54 Å². The van der Waals surface area contributed by atoms with Gasteiger partial charge in [0.25, 0.3) is 5.91 Å². The highest BCUT2D eigenvalue weighted by Gasteiger charge is 2.26. The number of hydrogen-bond acceptors (Lipinski definition) is 4. The fourth-order valence-electron chi connectivity index (χ4n) is 2.03. The number of thiazole rings is 1. The number of carbonyl (C=O) groups is 1. The summed E-state index contributed by atoms with van der Waals surface area (Å²) in [6.07, 6.45) is 1.75.